The van der Waals surface area contributed by atoms with Crippen LogP contribution in [-0.2, 0) is 6.42 Å². The summed E-state index contributed by atoms with van der Waals surface area (Å²) in [6.07, 6.45) is 0.781. The third-order valence-electron chi connectivity index (χ3n) is 4.45. The number of carbonyl (C=O) groups is 1. The summed E-state index contributed by atoms with van der Waals surface area (Å²) in [7, 11) is 0. The van der Waals surface area contributed by atoms with Gasteiger partial charge in [0.2, 0.25) is 0 Å². The van der Waals surface area contributed by atoms with Crippen LogP contribution in [0.3, 0.4) is 0 Å². The van der Waals surface area contributed by atoms with E-state index in [4.69, 9.17) is 0 Å². The molecule has 0 aliphatic rings. The molecule has 4 rings (SSSR count). The van der Waals surface area contributed by atoms with Crippen LogP contribution in [0.15, 0.2) is 48.5 Å². The number of amides is 1. The van der Waals surface area contributed by atoms with Crippen LogP contribution in [-0.4, -0.2) is 38.1 Å². The fraction of sp³-hybridized carbons (Fsp3) is 0.158. The fourth-order valence-corrected chi connectivity index (χ4v) is 3.12. The monoisotopic (exact) mass is 346 g/mol. The van der Waals surface area contributed by atoms with E-state index < -0.39 is 0 Å². The average molecular weight is 346 g/mol. The van der Waals surface area contributed by atoms with E-state index in [1.165, 1.54) is 10.9 Å². The number of hydrogen-bond acceptors (Lipinski definition) is 4. The highest BCUT2D eigenvalue weighted by Gasteiger charge is 2.10. The lowest BCUT2D eigenvalue weighted by atomic mass is 10.1. The number of nitrogens with one attached hydrogen (secondary N) is 3. The third kappa shape index (κ3) is 3.06. The van der Waals surface area contributed by atoms with Crippen molar-refractivity contribution < 1.29 is 4.79 Å². The smallest absolute Gasteiger partial charge is 0.251 e. The summed E-state index contributed by atoms with van der Waals surface area (Å²) in [6.45, 7) is 2.64. The second-order valence-corrected chi connectivity index (χ2v) is 6.11. The van der Waals surface area contributed by atoms with Crippen LogP contribution in [0.25, 0.3) is 22.3 Å². The van der Waals surface area contributed by atoms with Gasteiger partial charge in [-0.2, -0.15) is 0 Å². The van der Waals surface area contributed by atoms with Gasteiger partial charge in [-0.3, -0.25) is 4.79 Å². The van der Waals surface area contributed by atoms with Gasteiger partial charge in [0.25, 0.3) is 5.91 Å². The predicted molar refractivity (Wildman–Crippen MR) is 98.7 cm³/mol. The molecule has 1 amide bonds. The standard InChI is InChI=1S/C19H18N6O/c1-12-15(16-4-2-3-5-17(16)21-12)10-11-20-19(26)14-8-6-13(7-9-14)18-22-24-25-23-18/h2-9,21H,10-11H2,1H3,(H,20,26)(H,22,23,24,25). The van der Waals surface area contributed by atoms with Crippen LogP contribution in [0.5, 0.6) is 0 Å². The number of tetrazole rings is 1. The quantitative estimate of drug-likeness (QED) is 0.517. The van der Waals surface area contributed by atoms with Gasteiger partial charge in [0.05, 0.1) is 0 Å². The number of hydrogen-bond donors (Lipinski definition) is 3. The second-order valence-electron chi connectivity index (χ2n) is 6.11. The Bertz CT molecular complexity index is 1030. The van der Waals surface area contributed by atoms with Crippen LogP contribution in [0, 0.1) is 6.92 Å². The molecule has 2 heterocycles. The van der Waals surface area contributed by atoms with E-state index in [1.807, 2.05) is 24.3 Å². The zero-order valence-corrected chi connectivity index (χ0v) is 14.3. The molecule has 0 radical (unpaired) electrons. The SMILES string of the molecule is Cc1[nH]c2ccccc2c1CCNC(=O)c1ccc(-c2nnn[nH]2)cc1. The molecule has 26 heavy (non-hydrogen) atoms. The maximum atomic E-state index is 12.4. The van der Waals surface area contributed by atoms with E-state index in [0.29, 0.717) is 17.9 Å². The molecule has 2 aromatic heterocycles. The van der Waals surface area contributed by atoms with Crippen molar-refractivity contribution in [1.29, 1.82) is 0 Å². The molecule has 0 unspecified atom stereocenters. The molecule has 2 aromatic carbocycles. The van der Waals surface area contributed by atoms with Gasteiger partial charge < -0.3 is 10.3 Å². The summed E-state index contributed by atoms with van der Waals surface area (Å²) < 4.78 is 0. The fourth-order valence-electron chi connectivity index (χ4n) is 3.12. The summed E-state index contributed by atoms with van der Waals surface area (Å²) in [6, 6.07) is 15.4. The molecule has 3 N–H and O–H groups in total. The van der Waals surface area contributed by atoms with Gasteiger partial charge in [0.15, 0.2) is 5.82 Å². The molecular weight excluding hydrogens is 328 g/mol. The van der Waals surface area contributed by atoms with Crippen molar-refractivity contribution in [3.63, 3.8) is 0 Å². The topological polar surface area (TPSA) is 99.3 Å². The first-order valence-corrected chi connectivity index (χ1v) is 8.41. The lowest BCUT2D eigenvalue weighted by Gasteiger charge is -2.06. The molecule has 0 saturated heterocycles. The number of para-hydroxylation sites is 1. The Kier molecular flexibility index (Phi) is 4.18. The number of nitrogens with zero attached hydrogens (tertiary/aromatic N) is 3. The number of fused-ring (bicyclic) bond motifs is 1. The maximum absolute atomic E-state index is 12.4. The molecule has 7 nitrogen and oxygen atoms in total. The lowest BCUT2D eigenvalue weighted by molar-refractivity contribution is 0.0954. The Balaban J connectivity index is 1.40. The highest BCUT2D eigenvalue weighted by Crippen LogP contribution is 2.22. The van der Waals surface area contributed by atoms with Crippen LogP contribution < -0.4 is 5.32 Å². The van der Waals surface area contributed by atoms with Crippen LogP contribution in [0.4, 0.5) is 0 Å². The zero-order valence-electron chi connectivity index (χ0n) is 14.3. The number of benzene rings is 2. The minimum absolute atomic E-state index is 0.0928. The highest BCUT2D eigenvalue weighted by molar-refractivity contribution is 5.94. The van der Waals surface area contributed by atoms with Crippen LogP contribution >= 0.6 is 0 Å². The minimum atomic E-state index is -0.0928. The molecule has 0 aliphatic heterocycles. The Hall–Kier alpha value is -3.48. The molecule has 0 aliphatic carbocycles. The van der Waals surface area contributed by atoms with Gasteiger partial charge in [-0.15, -0.1) is 5.10 Å². The minimum Gasteiger partial charge on any atom is -0.358 e. The van der Waals surface area contributed by atoms with Crippen molar-refractivity contribution >= 4 is 16.8 Å². The number of aromatic amines is 2. The number of carbonyl (C=O) groups excluding carboxylic acids is 1. The molecule has 4 aromatic rings. The second kappa shape index (κ2) is 6.79. The van der Waals surface area contributed by atoms with E-state index >= 15 is 0 Å². The first-order valence-electron chi connectivity index (χ1n) is 8.41. The molecule has 0 bridgehead atoms. The highest BCUT2D eigenvalue weighted by atomic mass is 16.1. The Morgan fingerprint density at radius 1 is 1.12 bits per heavy atom. The van der Waals surface area contributed by atoms with Gasteiger partial charge in [-0.05, 0) is 47.5 Å². The molecule has 0 saturated carbocycles. The van der Waals surface area contributed by atoms with Crippen molar-refractivity contribution in [2.45, 2.75) is 13.3 Å². The average Bonchev–Trinajstić information content (AvgIpc) is 3.30. The number of H-pyrrole nitrogens is 2. The third-order valence-corrected chi connectivity index (χ3v) is 4.45. The Morgan fingerprint density at radius 3 is 2.69 bits per heavy atom. The number of aromatic nitrogens is 5. The van der Waals surface area contributed by atoms with E-state index in [1.54, 1.807) is 12.1 Å². The van der Waals surface area contributed by atoms with Gasteiger partial charge in [-0.1, -0.05) is 30.3 Å². The van der Waals surface area contributed by atoms with Gasteiger partial charge in [0.1, 0.15) is 0 Å². The number of rotatable bonds is 5. The van der Waals surface area contributed by atoms with Crippen molar-refractivity contribution in [3.8, 4) is 11.4 Å². The Morgan fingerprint density at radius 2 is 1.92 bits per heavy atom. The normalized spacial score (nSPS) is 11.0. The summed E-state index contributed by atoms with van der Waals surface area (Å²) in [4.78, 5) is 15.7. The van der Waals surface area contributed by atoms with Crippen molar-refractivity contribution in [1.82, 2.24) is 30.9 Å². The maximum Gasteiger partial charge on any atom is 0.251 e. The zero-order chi connectivity index (χ0) is 17.9. The summed E-state index contributed by atoms with van der Waals surface area (Å²) in [5, 5.41) is 17.8. The summed E-state index contributed by atoms with van der Waals surface area (Å²) in [5.41, 5.74) is 4.96. The molecule has 7 heteroatoms. The predicted octanol–water partition coefficient (Wildman–Crippen LogP) is 2.63. The van der Waals surface area contributed by atoms with Crippen LogP contribution in [0.2, 0.25) is 0 Å². The number of aryl methyl sites for hydroxylation is 1. The van der Waals surface area contributed by atoms with Crippen molar-refractivity contribution in [3.05, 3.63) is 65.4 Å². The Labute approximate surface area is 149 Å². The van der Waals surface area contributed by atoms with E-state index in [0.717, 1.165) is 23.2 Å². The van der Waals surface area contributed by atoms with E-state index in [2.05, 4.69) is 50.0 Å². The molecule has 0 spiro atoms. The van der Waals surface area contributed by atoms with E-state index in [9.17, 15) is 4.79 Å². The lowest BCUT2D eigenvalue weighted by Crippen LogP contribution is -2.25. The van der Waals surface area contributed by atoms with Gasteiger partial charge in [-0.25, -0.2) is 5.10 Å². The van der Waals surface area contributed by atoms with Crippen LogP contribution in [0.1, 0.15) is 21.6 Å². The van der Waals surface area contributed by atoms with Crippen molar-refractivity contribution in [2.75, 3.05) is 6.54 Å². The van der Waals surface area contributed by atoms with Crippen molar-refractivity contribution in [2.24, 2.45) is 0 Å². The van der Waals surface area contributed by atoms with Gasteiger partial charge in [0, 0.05) is 34.3 Å². The molecule has 0 fully saturated rings. The summed E-state index contributed by atoms with van der Waals surface area (Å²) >= 11 is 0. The summed E-state index contributed by atoms with van der Waals surface area (Å²) in [5.74, 6) is 0.483. The largest absolute Gasteiger partial charge is 0.358 e. The first-order chi connectivity index (χ1) is 12.7. The molecule has 130 valence electrons. The van der Waals surface area contributed by atoms with E-state index in [-0.39, 0.29) is 5.91 Å². The first kappa shape index (κ1) is 16.0. The molecular formula is C19H18N6O. The molecule has 0 atom stereocenters. The van der Waals surface area contributed by atoms with Gasteiger partial charge >= 0.3 is 0 Å².